The van der Waals surface area contributed by atoms with Crippen molar-refractivity contribution in [2.75, 3.05) is 0 Å². The average molecular weight is 284 g/mol. The van der Waals surface area contributed by atoms with Gasteiger partial charge in [0.05, 0.1) is 11.7 Å². The zero-order valence-corrected chi connectivity index (χ0v) is 11.7. The number of para-hydroxylation sites is 1. The molecule has 2 aromatic carbocycles. The number of aromatic amines is 1. The standard InChI is InChI=1S/C19H12N2O/c1-2-13-10-16-17-11-15(22-14-6-4-3-5-7-14)8-9-18(17)21-19(16)12-20-13/h1,3-12,21H. The Labute approximate surface area is 127 Å². The minimum atomic E-state index is 0.628. The lowest BCUT2D eigenvalue weighted by atomic mass is 10.1. The highest BCUT2D eigenvalue weighted by Crippen LogP contribution is 2.30. The Morgan fingerprint density at radius 1 is 0.909 bits per heavy atom. The Hall–Kier alpha value is -3.25. The number of rotatable bonds is 2. The molecule has 0 aliphatic carbocycles. The Morgan fingerprint density at radius 3 is 2.55 bits per heavy atom. The summed E-state index contributed by atoms with van der Waals surface area (Å²) in [4.78, 5) is 7.55. The number of benzene rings is 2. The number of nitrogens with one attached hydrogen (secondary N) is 1. The zero-order valence-electron chi connectivity index (χ0n) is 11.7. The van der Waals surface area contributed by atoms with Crippen molar-refractivity contribution in [2.24, 2.45) is 0 Å². The van der Waals surface area contributed by atoms with Crippen molar-refractivity contribution in [3.63, 3.8) is 0 Å². The third-order valence-corrected chi connectivity index (χ3v) is 3.58. The van der Waals surface area contributed by atoms with E-state index in [-0.39, 0.29) is 0 Å². The van der Waals surface area contributed by atoms with E-state index in [2.05, 4.69) is 15.9 Å². The maximum absolute atomic E-state index is 5.89. The molecule has 0 atom stereocenters. The van der Waals surface area contributed by atoms with Gasteiger partial charge in [-0.1, -0.05) is 24.1 Å². The summed E-state index contributed by atoms with van der Waals surface area (Å²) < 4.78 is 5.89. The highest BCUT2D eigenvalue weighted by Gasteiger charge is 2.07. The monoisotopic (exact) mass is 284 g/mol. The van der Waals surface area contributed by atoms with E-state index in [1.807, 2.05) is 54.6 Å². The fourth-order valence-corrected chi connectivity index (χ4v) is 2.55. The normalized spacial score (nSPS) is 10.7. The molecule has 22 heavy (non-hydrogen) atoms. The van der Waals surface area contributed by atoms with Crippen molar-refractivity contribution in [3.8, 4) is 23.8 Å². The first kappa shape index (κ1) is 12.5. The molecule has 4 rings (SSSR count). The number of hydrogen-bond acceptors (Lipinski definition) is 2. The molecule has 0 spiro atoms. The lowest BCUT2D eigenvalue weighted by Crippen LogP contribution is -1.83. The number of H-pyrrole nitrogens is 1. The largest absolute Gasteiger partial charge is 0.457 e. The minimum Gasteiger partial charge on any atom is -0.457 e. The Kier molecular flexibility index (Phi) is 2.80. The van der Waals surface area contributed by atoms with Gasteiger partial charge in [-0.15, -0.1) is 6.42 Å². The van der Waals surface area contributed by atoms with Gasteiger partial charge in [0, 0.05) is 16.3 Å². The van der Waals surface area contributed by atoms with E-state index in [1.54, 1.807) is 6.20 Å². The van der Waals surface area contributed by atoms with E-state index in [0.29, 0.717) is 5.69 Å². The number of nitrogens with zero attached hydrogens (tertiary/aromatic N) is 1. The van der Waals surface area contributed by atoms with Crippen LogP contribution in [-0.2, 0) is 0 Å². The van der Waals surface area contributed by atoms with E-state index >= 15 is 0 Å². The Balaban J connectivity index is 1.85. The molecule has 3 nitrogen and oxygen atoms in total. The van der Waals surface area contributed by atoms with Crippen LogP contribution in [0.5, 0.6) is 11.5 Å². The van der Waals surface area contributed by atoms with Crippen LogP contribution in [-0.4, -0.2) is 9.97 Å². The lowest BCUT2D eigenvalue weighted by Gasteiger charge is -2.05. The second kappa shape index (κ2) is 4.94. The van der Waals surface area contributed by atoms with Crippen LogP contribution in [0.25, 0.3) is 21.8 Å². The van der Waals surface area contributed by atoms with Gasteiger partial charge in [0.1, 0.15) is 17.2 Å². The van der Waals surface area contributed by atoms with E-state index in [1.165, 1.54) is 0 Å². The SMILES string of the molecule is C#Cc1cc2c(cn1)[nH]c1ccc(Oc3ccccc3)cc12. The van der Waals surface area contributed by atoms with Gasteiger partial charge in [-0.3, -0.25) is 0 Å². The summed E-state index contributed by atoms with van der Waals surface area (Å²) in [6.45, 7) is 0. The van der Waals surface area contributed by atoms with E-state index in [0.717, 1.165) is 33.3 Å². The molecule has 104 valence electrons. The van der Waals surface area contributed by atoms with Crippen molar-refractivity contribution in [1.29, 1.82) is 0 Å². The quantitative estimate of drug-likeness (QED) is 0.551. The zero-order chi connectivity index (χ0) is 14.9. The van der Waals surface area contributed by atoms with Crippen LogP contribution in [0.4, 0.5) is 0 Å². The predicted octanol–water partition coefficient (Wildman–Crippen LogP) is 4.49. The topological polar surface area (TPSA) is 37.9 Å². The van der Waals surface area contributed by atoms with Gasteiger partial charge in [-0.25, -0.2) is 4.98 Å². The van der Waals surface area contributed by atoms with Crippen molar-refractivity contribution in [3.05, 3.63) is 66.5 Å². The summed E-state index contributed by atoms with van der Waals surface area (Å²) in [5.41, 5.74) is 2.63. The summed E-state index contributed by atoms with van der Waals surface area (Å²) in [5, 5.41) is 2.12. The van der Waals surface area contributed by atoms with Crippen LogP contribution >= 0.6 is 0 Å². The first-order chi connectivity index (χ1) is 10.8. The van der Waals surface area contributed by atoms with Crippen LogP contribution in [0.15, 0.2) is 60.8 Å². The van der Waals surface area contributed by atoms with Gasteiger partial charge in [0.25, 0.3) is 0 Å². The number of pyridine rings is 1. The van der Waals surface area contributed by atoms with Gasteiger partial charge < -0.3 is 9.72 Å². The molecule has 4 aromatic rings. The second-order valence-electron chi connectivity index (χ2n) is 5.01. The predicted molar refractivity (Wildman–Crippen MR) is 88.1 cm³/mol. The van der Waals surface area contributed by atoms with Crippen LogP contribution in [0, 0.1) is 12.3 Å². The van der Waals surface area contributed by atoms with Crippen LogP contribution in [0.3, 0.4) is 0 Å². The third-order valence-electron chi connectivity index (χ3n) is 3.58. The fourth-order valence-electron chi connectivity index (χ4n) is 2.55. The molecule has 2 aromatic heterocycles. The van der Waals surface area contributed by atoms with E-state index < -0.39 is 0 Å². The molecule has 0 radical (unpaired) electrons. The van der Waals surface area contributed by atoms with Gasteiger partial charge in [0.2, 0.25) is 0 Å². The molecular formula is C19H12N2O. The highest BCUT2D eigenvalue weighted by atomic mass is 16.5. The second-order valence-corrected chi connectivity index (χ2v) is 5.01. The molecule has 2 heterocycles. The van der Waals surface area contributed by atoms with Gasteiger partial charge in [0.15, 0.2) is 0 Å². The molecule has 0 unspecified atom stereocenters. The average Bonchev–Trinajstić information content (AvgIpc) is 2.93. The summed E-state index contributed by atoms with van der Waals surface area (Å²) >= 11 is 0. The molecule has 0 aliphatic rings. The summed E-state index contributed by atoms with van der Waals surface area (Å²) in [7, 11) is 0. The summed E-state index contributed by atoms with van der Waals surface area (Å²) in [5.74, 6) is 4.17. The number of aromatic nitrogens is 2. The minimum absolute atomic E-state index is 0.628. The van der Waals surface area contributed by atoms with Gasteiger partial charge >= 0.3 is 0 Å². The maximum atomic E-state index is 5.89. The van der Waals surface area contributed by atoms with E-state index in [4.69, 9.17) is 11.2 Å². The molecule has 3 heteroatoms. The third kappa shape index (κ3) is 2.07. The Morgan fingerprint density at radius 2 is 1.73 bits per heavy atom. The van der Waals surface area contributed by atoms with Crippen molar-refractivity contribution >= 4 is 21.8 Å². The lowest BCUT2D eigenvalue weighted by molar-refractivity contribution is 0.483. The van der Waals surface area contributed by atoms with Crippen molar-refractivity contribution < 1.29 is 4.74 Å². The maximum Gasteiger partial charge on any atom is 0.128 e. The van der Waals surface area contributed by atoms with Crippen molar-refractivity contribution in [2.45, 2.75) is 0 Å². The first-order valence-corrected chi connectivity index (χ1v) is 6.94. The molecule has 0 fully saturated rings. The highest BCUT2D eigenvalue weighted by molar-refractivity contribution is 6.07. The molecule has 0 bridgehead atoms. The molecule has 0 saturated heterocycles. The fraction of sp³-hybridized carbons (Fsp3) is 0. The number of terminal acetylenes is 1. The Bertz CT molecular complexity index is 1010. The van der Waals surface area contributed by atoms with E-state index in [9.17, 15) is 0 Å². The number of hydrogen-bond donors (Lipinski definition) is 1. The molecule has 0 aliphatic heterocycles. The van der Waals surface area contributed by atoms with Gasteiger partial charge in [-0.05, 0) is 36.4 Å². The molecular weight excluding hydrogens is 272 g/mol. The smallest absolute Gasteiger partial charge is 0.128 e. The molecule has 0 saturated carbocycles. The number of ether oxygens (including phenoxy) is 1. The summed E-state index contributed by atoms with van der Waals surface area (Å²) in [6, 6.07) is 17.6. The summed E-state index contributed by atoms with van der Waals surface area (Å²) in [6.07, 6.45) is 7.20. The molecule has 0 amide bonds. The van der Waals surface area contributed by atoms with Crippen LogP contribution < -0.4 is 4.74 Å². The molecule has 1 N–H and O–H groups in total. The first-order valence-electron chi connectivity index (χ1n) is 6.94. The number of fused-ring (bicyclic) bond motifs is 3. The van der Waals surface area contributed by atoms with Crippen LogP contribution in [0.1, 0.15) is 5.69 Å². The van der Waals surface area contributed by atoms with Gasteiger partial charge in [-0.2, -0.15) is 0 Å². The van der Waals surface area contributed by atoms with Crippen LogP contribution in [0.2, 0.25) is 0 Å². The van der Waals surface area contributed by atoms with Crippen molar-refractivity contribution in [1.82, 2.24) is 9.97 Å².